The van der Waals surface area contributed by atoms with Gasteiger partial charge >= 0.3 is 0 Å². The van der Waals surface area contributed by atoms with Crippen molar-refractivity contribution in [1.29, 1.82) is 0 Å². The second-order valence-electron chi connectivity index (χ2n) is 10.2. The van der Waals surface area contributed by atoms with E-state index in [1.54, 1.807) is 0 Å². The molecule has 0 atom stereocenters. The molecule has 3 heterocycles. The van der Waals surface area contributed by atoms with Crippen LogP contribution in [0.3, 0.4) is 0 Å². The predicted octanol–water partition coefficient (Wildman–Crippen LogP) is 3.22. The van der Waals surface area contributed by atoms with Crippen LogP contribution in [0.4, 0.5) is 11.5 Å². The van der Waals surface area contributed by atoms with Gasteiger partial charge in [0.1, 0.15) is 12.1 Å². The number of nitrogens with one attached hydrogen (secondary N) is 5. The van der Waals surface area contributed by atoms with Gasteiger partial charge in [-0.05, 0) is 88.8 Å². The lowest BCUT2D eigenvalue weighted by Crippen LogP contribution is -2.43. The van der Waals surface area contributed by atoms with Gasteiger partial charge in [-0.2, -0.15) is 0 Å². The van der Waals surface area contributed by atoms with E-state index in [-0.39, 0.29) is 11.6 Å². The fraction of sp³-hybridized carbons (Fsp3) is 0.433. The summed E-state index contributed by atoms with van der Waals surface area (Å²) in [6, 6.07) is 10.5. The number of anilines is 2. The van der Waals surface area contributed by atoms with E-state index in [0.29, 0.717) is 18.7 Å². The second kappa shape index (κ2) is 14.6. The van der Waals surface area contributed by atoms with Gasteiger partial charge in [-0.25, -0.2) is 4.98 Å². The lowest BCUT2D eigenvalue weighted by atomic mass is 9.98. The molecule has 0 bridgehead atoms. The van der Waals surface area contributed by atoms with Crippen LogP contribution in [0.1, 0.15) is 46.6 Å². The highest BCUT2D eigenvalue weighted by Gasteiger charge is 2.14. The van der Waals surface area contributed by atoms with Crippen molar-refractivity contribution in [1.82, 2.24) is 25.9 Å². The summed E-state index contributed by atoms with van der Waals surface area (Å²) < 4.78 is 0. The van der Waals surface area contributed by atoms with Gasteiger partial charge < -0.3 is 31.2 Å². The van der Waals surface area contributed by atoms with E-state index < -0.39 is 0 Å². The molecule has 9 heteroatoms. The van der Waals surface area contributed by atoms with E-state index in [9.17, 15) is 9.59 Å². The smallest absolute Gasteiger partial charge is 0.252 e. The number of rotatable bonds is 9. The third-order valence-electron chi connectivity index (χ3n) is 6.58. The monoisotopic (exact) mass is 533 g/mol. The second-order valence-corrected chi connectivity index (χ2v) is 10.2. The zero-order chi connectivity index (χ0) is 28.4. The van der Waals surface area contributed by atoms with Gasteiger partial charge in [0.05, 0.1) is 0 Å². The van der Waals surface area contributed by atoms with Crippen LogP contribution in [0.25, 0.3) is 11.1 Å². The molecule has 0 saturated carbocycles. The normalized spacial score (nSPS) is 13.2. The summed E-state index contributed by atoms with van der Waals surface area (Å²) in [5, 5.41) is 12.9. The first-order chi connectivity index (χ1) is 18.8. The van der Waals surface area contributed by atoms with Crippen molar-refractivity contribution in [2.24, 2.45) is 0 Å². The fourth-order valence-electron chi connectivity index (χ4n) is 4.70. The number of H-pyrrole nitrogens is 1. The molecule has 1 aliphatic heterocycles. The molecule has 0 aliphatic carbocycles. The average molecular weight is 534 g/mol. The Kier molecular flexibility index (Phi) is 11.2. The van der Waals surface area contributed by atoms with Crippen molar-refractivity contribution in [3.8, 4) is 11.1 Å². The Morgan fingerprint density at radius 1 is 1.00 bits per heavy atom. The molecule has 0 radical (unpaired) electrons. The Morgan fingerprint density at radius 3 is 2.26 bits per heavy atom. The summed E-state index contributed by atoms with van der Waals surface area (Å²) in [5.41, 5.74) is 7.50. The number of aromatic nitrogens is 2. The van der Waals surface area contributed by atoms with Gasteiger partial charge in [0, 0.05) is 79.6 Å². The van der Waals surface area contributed by atoms with Crippen LogP contribution in [-0.4, -0.2) is 62.6 Å². The molecule has 9 nitrogen and oxygen atoms in total. The molecule has 210 valence electrons. The maximum Gasteiger partial charge on any atom is 0.252 e. The molecule has 39 heavy (non-hydrogen) atoms. The van der Waals surface area contributed by atoms with E-state index >= 15 is 0 Å². The molecule has 0 amide bonds. The standard InChI is InChI=1S/C21H29N5O.C9H14N2O/c1-15(2)25-20-11-17(10-18(14-27)19(20)13-22-3)16-4-5-21(24-12-16)26-8-6-23-7-9-26;1-6-4-7(2)11-9(12)8(6)5-10-3/h4-5,10-12,14-15,22-23,25H,6-9,13H2,1-3H3;4,10H,5H2,1-3H3,(H,11,12). The number of aromatic amines is 1. The first-order valence-corrected chi connectivity index (χ1v) is 13.6. The molecule has 1 saturated heterocycles. The van der Waals surface area contributed by atoms with E-state index in [2.05, 4.69) is 68.2 Å². The SMILES string of the molecule is CNCc1c(C)cc(C)[nH]c1=O.CNCc1c(C=O)cc(-c2ccc(N3CCNCC3)nc2)cc1NC(C)C. The number of nitrogens with zero attached hydrogens (tertiary/aromatic N) is 2. The zero-order valence-corrected chi connectivity index (χ0v) is 24.1. The summed E-state index contributed by atoms with van der Waals surface area (Å²) in [4.78, 5) is 32.8. The van der Waals surface area contributed by atoms with Crippen LogP contribution in [0.5, 0.6) is 0 Å². The number of carbonyl (C=O) groups excluding carboxylic acids is 1. The Morgan fingerprint density at radius 2 is 1.69 bits per heavy atom. The summed E-state index contributed by atoms with van der Waals surface area (Å²) in [7, 11) is 3.72. The topological polar surface area (TPSA) is 114 Å². The Hall–Kier alpha value is -3.53. The first-order valence-electron chi connectivity index (χ1n) is 13.6. The molecule has 0 unspecified atom stereocenters. The van der Waals surface area contributed by atoms with E-state index in [1.165, 1.54) is 0 Å². The maximum absolute atomic E-state index is 11.7. The van der Waals surface area contributed by atoms with Crippen LogP contribution in [0.15, 0.2) is 41.3 Å². The third kappa shape index (κ3) is 8.23. The van der Waals surface area contributed by atoms with Gasteiger partial charge in [-0.15, -0.1) is 0 Å². The summed E-state index contributed by atoms with van der Waals surface area (Å²) in [5.74, 6) is 1.00. The van der Waals surface area contributed by atoms with E-state index in [4.69, 9.17) is 0 Å². The minimum absolute atomic E-state index is 0.0156. The van der Waals surface area contributed by atoms with E-state index in [0.717, 1.165) is 77.5 Å². The average Bonchev–Trinajstić information content (AvgIpc) is 2.92. The van der Waals surface area contributed by atoms with Gasteiger partial charge in [0.25, 0.3) is 5.56 Å². The number of hydrogen-bond donors (Lipinski definition) is 5. The number of piperazine rings is 1. The minimum atomic E-state index is 0.0156. The van der Waals surface area contributed by atoms with Crippen molar-refractivity contribution in [3.05, 3.63) is 74.8 Å². The third-order valence-corrected chi connectivity index (χ3v) is 6.58. The van der Waals surface area contributed by atoms with Crippen molar-refractivity contribution in [2.75, 3.05) is 50.5 Å². The van der Waals surface area contributed by atoms with E-state index in [1.807, 2.05) is 46.3 Å². The van der Waals surface area contributed by atoms with Crippen molar-refractivity contribution >= 4 is 17.8 Å². The highest BCUT2D eigenvalue weighted by molar-refractivity contribution is 5.85. The van der Waals surface area contributed by atoms with Crippen molar-refractivity contribution < 1.29 is 4.79 Å². The molecular weight excluding hydrogens is 490 g/mol. The van der Waals surface area contributed by atoms with Crippen molar-refractivity contribution in [2.45, 2.75) is 46.8 Å². The van der Waals surface area contributed by atoms with Gasteiger partial charge in [0.15, 0.2) is 0 Å². The molecule has 2 aromatic heterocycles. The maximum atomic E-state index is 11.7. The molecule has 1 aliphatic rings. The number of pyridine rings is 2. The molecule has 1 aromatic carbocycles. The first kappa shape index (κ1) is 30.0. The van der Waals surface area contributed by atoms with Crippen LogP contribution in [-0.2, 0) is 13.1 Å². The van der Waals surface area contributed by atoms with Crippen LogP contribution >= 0.6 is 0 Å². The highest BCUT2D eigenvalue weighted by Crippen LogP contribution is 2.29. The Balaban J connectivity index is 0.000000293. The minimum Gasteiger partial charge on any atom is -0.383 e. The predicted molar refractivity (Wildman–Crippen MR) is 161 cm³/mol. The molecular formula is C30H43N7O2. The quantitative estimate of drug-likeness (QED) is 0.267. The highest BCUT2D eigenvalue weighted by atomic mass is 16.1. The van der Waals surface area contributed by atoms with Crippen LogP contribution in [0.2, 0.25) is 0 Å². The largest absolute Gasteiger partial charge is 0.383 e. The van der Waals surface area contributed by atoms with Crippen LogP contribution in [0, 0.1) is 13.8 Å². The van der Waals surface area contributed by atoms with Crippen molar-refractivity contribution in [3.63, 3.8) is 0 Å². The molecule has 0 spiro atoms. The van der Waals surface area contributed by atoms with Crippen LogP contribution < -0.4 is 31.7 Å². The zero-order valence-electron chi connectivity index (χ0n) is 24.1. The summed E-state index contributed by atoms with van der Waals surface area (Å²) >= 11 is 0. The number of benzene rings is 1. The molecule has 4 rings (SSSR count). The number of aldehydes is 1. The number of aryl methyl sites for hydroxylation is 2. The Labute approximate surface area is 231 Å². The van der Waals surface area contributed by atoms with Gasteiger partial charge in [-0.1, -0.05) is 0 Å². The lowest BCUT2D eigenvalue weighted by Gasteiger charge is -2.28. The summed E-state index contributed by atoms with van der Waals surface area (Å²) in [6.45, 7) is 13.2. The number of hydrogen-bond acceptors (Lipinski definition) is 8. The molecule has 3 aromatic rings. The fourth-order valence-corrected chi connectivity index (χ4v) is 4.70. The summed E-state index contributed by atoms with van der Waals surface area (Å²) in [6.07, 6.45) is 2.84. The number of carbonyl (C=O) groups is 1. The van der Waals surface area contributed by atoms with Gasteiger partial charge in [-0.3, -0.25) is 9.59 Å². The Bertz CT molecular complexity index is 1280. The lowest BCUT2D eigenvalue weighted by molar-refractivity contribution is 0.112. The molecule has 1 fully saturated rings. The molecule has 5 N–H and O–H groups in total. The van der Waals surface area contributed by atoms with Gasteiger partial charge in [0.2, 0.25) is 0 Å².